The summed E-state index contributed by atoms with van der Waals surface area (Å²) in [6.07, 6.45) is 0. The summed E-state index contributed by atoms with van der Waals surface area (Å²) in [4.78, 5) is 24.1. The molecular formula is C16H16O7. The van der Waals surface area contributed by atoms with Crippen molar-refractivity contribution >= 4 is 11.9 Å². The lowest BCUT2D eigenvalue weighted by atomic mass is 10.0. The maximum atomic E-state index is 12.1. The van der Waals surface area contributed by atoms with Gasteiger partial charge in [-0.15, -0.1) is 0 Å². The maximum Gasteiger partial charge on any atom is 0.346 e. The Bertz CT molecular complexity index is 713. The second-order valence-corrected chi connectivity index (χ2v) is 4.38. The van der Waals surface area contributed by atoms with E-state index >= 15 is 0 Å². The molecule has 0 aliphatic rings. The van der Waals surface area contributed by atoms with E-state index in [0.717, 1.165) is 0 Å². The molecule has 7 nitrogen and oxygen atoms in total. The van der Waals surface area contributed by atoms with Crippen molar-refractivity contribution in [1.82, 2.24) is 0 Å². The van der Waals surface area contributed by atoms with Crippen molar-refractivity contribution in [2.24, 2.45) is 0 Å². The highest BCUT2D eigenvalue weighted by molar-refractivity contribution is 6.08. The van der Waals surface area contributed by atoms with Crippen molar-refractivity contribution in [2.75, 3.05) is 28.4 Å². The van der Waals surface area contributed by atoms with Crippen molar-refractivity contribution < 1.29 is 33.0 Å². The summed E-state index contributed by atoms with van der Waals surface area (Å²) >= 11 is 0. The highest BCUT2D eigenvalue weighted by atomic mass is 16.6. The molecule has 0 fully saturated rings. The number of hydrogen-bond acceptors (Lipinski definition) is 7. The highest BCUT2D eigenvalue weighted by Gasteiger charge is 2.33. The first-order chi connectivity index (χ1) is 11.1. The normalized spacial score (nSPS) is 10.1. The summed E-state index contributed by atoms with van der Waals surface area (Å²) in [5.74, 6) is -0.825. The molecule has 0 aliphatic heterocycles. The van der Waals surface area contributed by atoms with Crippen LogP contribution >= 0.6 is 0 Å². The molecule has 2 aromatic rings. The Hall–Kier alpha value is -2.96. The van der Waals surface area contributed by atoms with Gasteiger partial charge < -0.3 is 23.4 Å². The van der Waals surface area contributed by atoms with E-state index < -0.39 is 11.9 Å². The van der Waals surface area contributed by atoms with Gasteiger partial charge in [-0.05, 0) is 24.3 Å². The minimum Gasteiger partial charge on any atom is -0.497 e. The predicted octanol–water partition coefficient (Wildman–Crippen LogP) is 2.54. The Morgan fingerprint density at radius 2 is 1.39 bits per heavy atom. The van der Waals surface area contributed by atoms with E-state index in [9.17, 15) is 9.59 Å². The van der Waals surface area contributed by atoms with Crippen LogP contribution in [0.1, 0.15) is 20.7 Å². The highest BCUT2D eigenvalue weighted by Crippen LogP contribution is 2.37. The zero-order valence-electron chi connectivity index (χ0n) is 13.2. The van der Waals surface area contributed by atoms with Gasteiger partial charge in [-0.1, -0.05) is 0 Å². The van der Waals surface area contributed by atoms with Gasteiger partial charge in [0, 0.05) is 5.56 Å². The van der Waals surface area contributed by atoms with Crippen LogP contribution in [0.15, 0.2) is 28.7 Å². The van der Waals surface area contributed by atoms with Gasteiger partial charge in [0.2, 0.25) is 0 Å². The van der Waals surface area contributed by atoms with Gasteiger partial charge in [0.1, 0.15) is 11.3 Å². The van der Waals surface area contributed by atoms with Crippen LogP contribution in [0.5, 0.6) is 11.7 Å². The summed E-state index contributed by atoms with van der Waals surface area (Å²) in [7, 11) is 5.27. The molecule has 1 heterocycles. The Balaban J connectivity index is 2.68. The fraction of sp³-hybridized carbons (Fsp3) is 0.250. The Morgan fingerprint density at radius 3 is 1.87 bits per heavy atom. The van der Waals surface area contributed by atoms with Crippen LogP contribution in [0.4, 0.5) is 0 Å². The first-order valence-corrected chi connectivity index (χ1v) is 6.59. The van der Waals surface area contributed by atoms with Crippen molar-refractivity contribution in [3.63, 3.8) is 0 Å². The van der Waals surface area contributed by atoms with E-state index in [1.165, 1.54) is 21.3 Å². The van der Waals surface area contributed by atoms with Crippen LogP contribution in [0.25, 0.3) is 11.3 Å². The molecule has 2 rings (SSSR count). The van der Waals surface area contributed by atoms with Crippen LogP contribution in [0.2, 0.25) is 0 Å². The molecule has 0 radical (unpaired) electrons. The third kappa shape index (κ3) is 2.98. The zero-order chi connectivity index (χ0) is 17.0. The van der Waals surface area contributed by atoms with E-state index in [-0.39, 0.29) is 22.8 Å². The fourth-order valence-electron chi connectivity index (χ4n) is 2.08. The number of rotatable bonds is 5. The predicted molar refractivity (Wildman–Crippen MR) is 79.9 cm³/mol. The van der Waals surface area contributed by atoms with Gasteiger partial charge in [-0.25, -0.2) is 9.59 Å². The number of ether oxygens (including phenoxy) is 4. The summed E-state index contributed by atoms with van der Waals surface area (Å²) in [5, 5.41) is 0. The van der Waals surface area contributed by atoms with Crippen molar-refractivity contribution in [3.05, 3.63) is 35.4 Å². The standard InChI is InChI=1S/C16H16O7/c1-19-10-7-5-9(6-8-10)13-11(14(17)20-2)12(15(18)21-3)16(22-4)23-13/h5-8H,1-4H3. The molecule has 0 atom stereocenters. The average Bonchev–Trinajstić information content (AvgIpc) is 2.99. The first-order valence-electron chi connectivity index (χ1n) is 6.59. The molecule has 1 aromatic carbocycles. The molecule has 1 aromatic heterocycles. The number of methoxy groups -OCH3 is 4. The van der Waals surface area contributed by atoms with E-state index in [4.69, 9.17) is 23.4 Å². The second kappa shape index (κ2) is 6.87. The number of esters is 2. The monoisotopic (exact) mass is 320 g/mol. The maximum absolute atomic E-state index is 12.1. The van der Waals surface area contributed by atoms with E-state index in [0.29, 0.717) is 11.3 Å². The lowest BCUT2D eigenvalue weighted by molar-refractivity contribution is 0.0554. The van der Waals surface area contributed by atoms with E-state index in [1.807, 2.05) is 0 Å². The molecule has 7 heteroatoms. The number of hydrogen-bond donors (Lipinski definition) is 0. The molecule has 0 unspecified atom stereocenters. The third-order valence-corrected chi connectivity index (χ3v) is 3.19. The quantitative estimate of drug-likeness (QED) is 0.783. The van der Waals surface area contributed by atoms with E-state index in [1.54, 1.807) is 31.4 Å². The molecule has 0 spiro atoms. The Kier molecular flexibility index (Phi) is 4.90. The fourth-order valence-corrected chi connectivity index (χ4v) is 2.08. The third-order valence-electron chi connectivity index (χ3n) is 3.19. The van der Waals surface area contributed by atoms with Crippen LogP contribution < -0.4 is 9.47 Å². The number of carbonyl (C=O) groups excluding carboxylic acids is 2. The Labute approximate surface area is 132 Å². The molecule has 0 aliphatic carbocycles. The van der Waals surface area contributed by atoms with Crippen LogP contribution in [0, 0.1) is 0 Å². The average molecular weight is 320 g/mol. The van der Waals surface area contributed by atoms with Crippen LogP contribution in [-0.4, -0.2) is 40.4 Å². The smallest absolute Gasteiger partial charge is 0.346 e. The lowest BCUT2D eigenvalue weighted by Gasteiger charge is -2.04. The molecule has 23 heavy (non-hydrogen) atoms. The summed E-state index contributed by atoms with van der Waals surface area (Å²) in [5.41, 5.74) is 0.383. The molecule has 0 bridgehead atoms. The molecular weight excluding hydrogens is 304 g/mol. The van der Waals surface area contributed by atoms with Crippen molar-refractivity contribution in [2.45, 2.75) is 0 Å². The topological polar surface area (TPSA) is 84.2 Å². The molecule has 0 N–H and O–H groups in total. The summed E-state index contributed by atoms with van der Waals surface area (Å²) in [6, 6.07) is 6.77. The molecule has 122 valence electrons. The molecule has 0 saturated heterocycles. The van der Waals surface area contributed by atoms with Crippen LogP contribution in [-0.2, 0) is 9.47 Å². The van der Waals surface area contributed by atoms with Gasteiger partial charge in [-0.3, -0.25) is 0 Å². The summed E-state index contributed by atoms with van der Waals surface area (Å²) in [6.45, 7) is 0. The minimum atomic E-state index is -0.759. The second-order valence-electron chi connectivity index (χ2n) is 4.38. The first kappa shape index (κ1) is 16.4. The Morgan fingerprint density at radius 1 is 0.826 bits per heavy atom. The van der Waals surface area contributed by atoms with Gasteiger partial charge in [-0.2, -0.15) is 0 Å². The minimum absolute atomic E-state index is 0.0543. The number of benzene rings is 1. The van der Waals surface area contributed by atoms with Gasteiger partial charge in [0.25, 0.3) is 0 Å². The van der Waals surface area contributed by atoms with E-state index in [2.05, 4.69) is 0 Å². The van der Waals surface area contributed by atoms with Gasteiger partial charge in [0.05, 0.1) is 28.4 Å². The molecule has 0 amide bonds. The molecule has 0 saturated carbocycles. The van der Waals surface area contributed by atoms with Crippen LogP contribution in [0.3, 0.4) is 0 Å². The number of furan rings is 1. The number of carbonyl (C=O) groups is 2. The van der Waals surface area contributed by atoms with Crippen molar-refractivity contribution in [3.8, 4) is 23.0 Å². The van der Waals surface area contributed by atoms with Gasteiger partial charge in [0.15, 0.2) is 11.3 Å². The van der Waals surface area contributed by atoms with Crippen molar-refractivity contribution in [1.29, 1.82) is 0 Å². The summed E-state index contributed by atoms with van der Waals surface area (Å²) < 4.78 is 25.1. The van der Waals surface area contributed by atoms with Gasteiger partial charge >= 0.3 is 17.9 Å². The lowest BCUT2D eigenvalue weighted by Crippen LogP contribution is -2.11. The largest absolute Gasteiger partial charge is 0.497 e. The zero-order valence-corrected chi connectivity index (χ0v) is 13.2. The SMILES string of the molecule is COC(=O)c1c(OC)oc(-c2ccc(OC)cc2)c1C(=O)OC.